The van der Waals surface area contributed by atoms with Crippen LogP contribution in [0.1, 0.15) is 31.9 Å². The molecule has 0 unspecified atom stereocenters. The summed E-state index contributed by atoms with van der Waals surface area (Å²) in [5.74, 6) is 0.257. The molecule has 0 aliphatic heterocycles. The fourth-order valence-corrected chi connectivity index (χ4v) is 3.49. The fourth-order valence-electron chi connectivity index (χ4n) is 2.34. The molecule has 7 heteroatoms. The summed E-state index contributed by atoms with van der Waals surface area (Å²) in [5.41, 5.74) is 2.17. The van der Waals surface area contributed by atoms with Crippen LogP contribution in [-0.2, 0) is 14.8 Å². The number of aryl methyl sites for hydroxylation is 2. The Labute approximate surface area is 167 Å². The highest BCUT2D eigenvalue weighted by Crippen LogP contribution is 2.23. The molecule has 0 saturated heterocycles. The normalized spacial score (nSPS) is 11.8. The second-order valence-electron chi connectivity index (χ2n) is 8.02. The van der Waals surface area contributed by atoms with E-state index < -0.39 is 10.0 Å². The molecule has 2 aromatic carbocycles. The van der Waals surface area contributed by atoms with E-state index in [1.807, 2.05) is 39.8 Å². The van der Waals surface area contributed by atoms with Crippen LogP contribution >= 0.6 is 0 Å². The van der Waals surface area contributed by atoms with Crippen molar-refractivity contribution in [2.75, 3.05) is 17.9 Å². The zero-order valence-corrected chi connectivity index (χ0v) is 17.8. The van der Waals surface area contributed by atoms with Gasteiger partial charge in [-0.3, -0.25) is 9.52 Å². The fraction of sp³-hybridized carbons (Fsp3) is 0.381. The topological polar surface area (TPSA) is 84.5 Å². The second kappa shape index (κ2) is 8.65. The SMILES string of the molecule is Cc1ccc(NS(=O)(=O)c2ccc(OCC(=O)NCC(C)(C)C)c(C)c2)cc1. The van der Waals surface area contributed by atoms with Gasteiger partial charge in [0.05, 0.1) is 4.90 Å². The van der Waals surface area contributed by atoms with Gasteiger partial charge in [-0.15, -0.1) is 0 Å². The third-order valence-corrected chi connectivity index (χ3v) is 5.31. The van der Waals surface area contributed by atoms with E-state index in [1.54, 1.807) is 25.1 Å². The first kappa shape index (κ1) is 21.8. The van der Waals surface area contributed by atoms with Crippen molar-refractivity contribution in [1.29, 1.82) is 0 Å². The highest BCUT2D eigenvalue weighted by Gasteiger charge is 2.17. The van der Waals surface area contributed by atoms with Crippen LogP contribution in [0.5, 0.6) is 5.75 Å². The summed E-state index contributed by atoms with van der Waals surface area (Å²) in [4.78, 5) is 12.0. The number of nitrogens with one attached hydrogen (secondary N) is 2. The largest absolute Gasteiger partial charge is 0.484 e. The standard InChI is InChI=1S/C21H28N2O4S/c1-15-6-8-17(9-7-15)23-28(25,26)18-10-11-19(16(2)12-18)27-13-20(24)22-14-21(3,4)5/h6-12,23H,13-14H2,1-5H3,(H,22,24). The van der Waals surface area contributed by atoms with Gasteiger partial charge < -0.3 is 10.1 Å². The van der Waals surface area contributed by atoms with Crippen molar-refractivity contribution in [3.05, 3.63) is 53.6 Å². The van der Waals surface area contributed by atoms with Crippen LogP contribution in [0.4, 0.5) is 5.69 Å². The number of ether oxygens (including phenoxy) is 1. The molecule has 0 atom stereocenters. The zero-order valence-electron chi connectivity index (χ0n) is 17.0. The Morgan fingerprint density at radius 2 is 1.68 bits per heavy atom. The summed E-state index contributed by atoms with van der Waals surface area (Å²) in [7, 11) is -3.71. The predicted octanol–water partition coefficient (Wildman–Crippen LogP) is 3.65. The molecule has 2 N–H and O–H groups in total. The zero-order chi connectivity index (χ0) is 20.9. The van der Waals surface area contributed by atoms with E-state index in [4.69, 9.17) is 4.74 Å². The summed E-state index contributed by atoms with van der Waals surface area (Å²) < 4.78 is 33.3. The Morgan fingerprint density at radius 3 is 2.25 bits per heavy atom. The highest BCUT2D eigenvalue weighted by atomic mass is 32.2. The molecule has 0 saturated carbocycles. The van der Waals surface area contributed by atoms with Crippen LogP contribution in [0.25, 0.3) is 0 Å². The van der Waals surface area contributed by atoms with Crippen LogP contribution in [0, 0.1) is 19.3 Å². The Morgan fingerprint density at radius 1 is 1.04 bits per heavy atom. The van der Waals surface area contributed by atoms with Crippen LogP contribution in [0.3, 0.4) is 0 Å². The van der Waals surface area contributed by atoms with Crippen LogP contribution in [-0.4, -0.2) is 27.5 Å². The van der Waals surface area contributed by atoms with Gasteiger partial charge in [0.25, 0.3) is 15.9 Å². The number of benzene rings is 2. The second-order valence-corrected chi connectivity index (χ2v) is 9.71. The van der Waals surface area contributed by atoms with E-state index in [2.05, 4.69) is 10.0 Å². The molecular formula is C21H28N2O4S. The van der Waals surface area contributed by atoms with Crippen molar-refractivity contribution in [2.45, 2.75) is 39.5 Å². The maximum atomic E-state index is 12.6. The molecule has 28 heavy (non-hydrogen) atoms. The minimum atomic E-state index is -3.71. The first-order valence-corrected chi connectivity index (χ1v) is 10.5. The van der Waals surface area contributed by atoms with Gasteiger partial charge in [-0.1, -0.05) is 38.5 Å². The molecule has 0 aromatic heterocycles. The molecule has 0 radical (unpaired) electrons. The monoisotopic (exact) mass is 404 g/mol. The number of amides is 1. The Hall–Kier alpha value is -2.54. The number of carbonyl (C=O) groups excluding carboxylic acids is 1. The quantitative estimate of drug-likeness (QED) is 0.738. The smallest absolute Gasteiger partial charge is 0.261 e. The lowest BCUT2D eigenvalue weighted by Crippen LogP contribution is -2.35. The minimum Gasteiger partial charge on any atom is -0.484 e. The Kier molecular flexibility index (Phi) is 6.72. The molecule has 0 aliphatic carbocycles. The summed E-state index contributed by atoms with van der Waals surface area (Å²) >= 11 is 0. The van der Waals surface area contributed by atoms with E-state index in [9.17, 15) is 13.2 Å². The van der Waals surface area contributed by atoms with Gasteiger partial charge in [-0.25, -0.2) is 8.42 Å². The summed E-state index contributed by atoms with van der Waals surface area (Å²) in [6.07, 6.45) is 0. The molecule has 6 nitrogen and oxygen atoms in total. The van der Waals surface area contributed by atoms with Gasteiger partial charge in [0.15, 0.2) is 6.61 Å². The van der Waals surface area contributed by atoms with E-state index in [-0.39, 0.29) is 22.8 Å². The minimum absolute atomic E-state index is 0.00790. The molecule has 2 aromatic rings. The molecular weight excluding hydrogens is 376 g/mol. The van der Waals surface area contributed by atoms with E-state index >= 15 is 0 Å². The number of rotatable bonds is 7. The maximum absolute atomic E-state index is 12.6. The average molecular weight is 405 g/mol. The first-order chi connectivity index (χ1) is 13.0. The van der Waals surface area contributed by atoms with Crippen LogP contribution in [0.15, 0.2) is 47.4 Å². The number of anilines is 1. The lowest BCUT2D eigenvalue weighted by atomic mass is 9.97. The maximum Gasteiger partial charge on any atom is 0.261 e. The van der Waals surface area contributed by atoms with Crippen LogP contribution < -0.4 is 14.8 Å². The van der Waals surface area contributed by atoms with Gasteiger partial charge >= 0.3 is 0 Å². The van der Waals surface area contributed by atoms with Crippen molar-refractivity contribution in [3.63, 3.8) is 0 Å². The Bertz CT molecular complexity index is 930. The predicted molar refractivity (Wildman–Crippen MR) is 111 cm³/mol. The summed E-state index contributed by atoms with van der Waals surface area (Å²) in [6, 6.07) is 11.7. The number of hydrogen-bond donors (Lipinski definition) is 2. The van der Waals surface area contributed by atoms with Crippen molar-refractivity contribution in [1.82, 2.24) is 5.32 Å². The van der Waals surface area contributed by atoms with Crippen LogP contribution in [0.2, 0.25) is 0 Å². The van der Waals surface area contributed by atoms with Crippen molar-refractivity contribution >= 4 is 21.6 Å². The van der Waals surface area contributed by atoms with Gasteiger partial charge in [-0.2, -0.15) is 0 Å². The van der Waals surface area contributed by atoms with Crippen molar-refractivity contribution in [3.8, 4) is 5.75 Å². The first-order valence-electron chi connectivity index (χ1n) is 9.06. The molecule has 0 heterocycles. The third kappa shape index (κ3) is 6.56. The number of hydrogen-bond acceptors (Lipinski definition) is 4. The lowest BCUT2D eigenvalue weighted by Gasteiger charge is -2.19. The Balaban J connectivity index is 2.02. The molecule has 152 valence electrons. The van der Waals surface area contributed by atoms with Gasteiger partial charge in [0, 0.05) is 12.2 Å². The van der Waals surface area contributed by atoms with Crippen molar-refractivity contribution < 1.29 is 17.9 Å². The van der Waals surface area contributed by atoms with Gasteiger partial charge in [-0.05, 0) is 55.2 Å². The van der Waals surface area contributed by atoms with Gasteiger partial charge in [0.1, 0.15) is 5.75 Å². The molecule has 0 spiro atoms. The van der Waals surface area contributed by atoms with Crippen molar-refractivity contribution in [2.24, 2.45) is 5.41 Å². The molecule has 1 amide bonds. The summed E-state index contributed by atoms with van der Waals surface area (Å²) in [5, 5.41) is 2.81. The molecule has 0 fully saturated rings. The van der Waals surface area contributed by atoms with E-state index in [0.717, 1.165) is 5.56 Å². The molecule has 0 aliphatic rings. The average Bonchev–Trinajstić information content (AvgIpc) is 2.60. The third-order valence-electron chi connectivity index (χ3n) is 3.94. The molecule has 2 rings (SSSR count). The van der Waals surface area contributed by atoms with E-state index in [0.29, 0.717) is 23.5 Å². The summed E-state index contributed by atoms with van der Waals surface area (Å²) in [6.45, 7) is 10.2. The molecule has 0 bridgehead atoms. The number of sulfonamides is 1. The van der Waals surface area contributed by atoms with E-state index in [1.165, 1.54) is 12.1 Å². The number of carbonyl (C=O) groups is 1. The van der Waals surface area contributed by atoms with Gasteiger partial charge in [0.2, 0.25) is 0 Å². The lowest BCUT2D eigenvalue weighted by molar-refractivity contribution is -0.123. The highest BCUT2D eigenvalue weighted by molar-refractivity contribution is 7.92.